The smallest absolute Gasteiger partial charge is 0.394 e. The summed E-state index contributed by atoms with van der Waals surface area (Å²) in [7, 11) is -10.9. The summed E-state index contributed by atoms with van der Waals surface area (Å²) in [5, 5.41) is 49.0. The molecule has 2 rings (SSSR count). The van der Waals surface area contributed by atoms with Crippen LogP contribution in [0, 0.1) is 0 Å². The lowest BCUT2D eigenvalue weighted by Gasteiger charge is -2.46. The van der Waals surface area contributed by atoms with Crippen molar-refractivity contribution >= 4 is 15.6 Å². The molecular weight excluding hydrogens is 474 g/mol. The lowest BCUT2D eigenvalue weighted by molar-refractivity contribution is -0.322. The van der Waals surface area contributed by atoms with Gasteiger partial charge in [0.1, 0.15) is 36.6 Å². The molecule has 0 aromatic rings. The highest BCUT2D eigenvalue weighted by Gasteiger charge is 2.51. The number of ether oxygens (including phenoxy) is 3. The van der Waals surface area contributed by atoms with E-state index in [4.69, 9.17) is 35.5 Å². The molecule has 31 heavy (non-hydrogen) atoms. The first kappa shape index (κ1) is 27.1. The number of nitrogens with two attached hydrogens (primary N) is 2. The van der Waals surface area contributed by atoms with Gasteiger partial charge in [-0.15, -0.1) is 0 Å². The van der Waals surface area contributed by atoms with Crippen LogP contribution in [-0.4, -0.2) is 115 Å². The van der Waals surface area contributed by atoms with Crippen LogP contribution in [0.4, 0.5) is 0 Å². The summed E-state index contributed by atoms with van der Waals surface area (Å²) in [5.74, 6) is 0. The quantitative estimate of drug-likeness (QED) is 0.139. The van der Waals surface area contributed by atoms with E-state index in [9.17, 15) is 39.6 Å². The zero-order chi connectivity index (χ0) is 23.7. The maximum absolute atomic E-state index is 11.7. The van der Waals surface area contributed by atoms with E-state index in [1.807, 2.05) is 0 Å². The predicted octanol–water partition coefficient (Wildman–Crippen LogP) is -5.23. The molecule has 0 amide bonds. The minimum Gasteiger partial charge on any atom is -0.394 e. The number of aliphatic hydroxyl groups excluding tert-OH is 5. The Labute approximate surface area is 174 Å². The van der Waals surface area contributed by atoms with Crippen molar-refractivity contribution in [2.24, 2.45) is 11.5 Å². The third-order valence-electron chi connectivity index (χ3n) is 4.57. The summed E-state index contributed by atoms with van der Waals surface area (Å²) in [6, 6.07) is -3.03. The van der Waals surface area contributed by atoms with Gasteiger partial charge >= 0.3 is 15.6 Å². The van der Waals surface area contributed by atoms with Crippen LogP contribution in [-0.2, 0) is 32.2 Å². The first-order valence-corrected chi connectivity index (χ1v) is 11.7. The summed E-state index contributed by atoms with van der Waals surface area (Å²) in [4.78, 5) is 26.7. The molecule has 11 atom stereocenters. The topological polar surface area (TPSA) is 294 Å². The Hall–Kier alpha value is -0.140. The number of phosphoric acid groups is 2. The van der Waals surface area contributed by atoms with Crippen LogP contribution in [0.1, 0.15) is 0 Å². The van der Waals surface area contributed by atoms with E-state index in [1.165, 1.54) is 0 Å². The fourth-order valence-electron chi connectivity index (χ4n) is 3.02. The van der Waals surface area contributed by atoms with Gasteiger partial charge in [-0.25, -0.2) is 9.13 Å². The molecule has 0 bridgehead atoms. The van der Waals surface area contributed by atoms with Crippen LogP contribution < -0.4 is 11.5 Å². The highest BCUT2D eigenvalue weighted by atomic mass is 31.3. The fourth-order valence-corrected chi connectivity index (χ4v) is 4.70. The zero-order valence-electron chi connectivity index (χ0n) is 15.7. The Kier molecular flexibility index (Phi) is 9.11. The average molecular weight is 500 g/mol. The molecule has 12 N–H and O–H groups in total. The van der Waals surface area contributed by atoms with Gasteiger partial charge in [0.2, 0.25) is 0 Å². The molecule has 0 aromatic carbocycles. The molecule has 184 valence electrons. The van der Waals surface area contributed by atoms with Gasteiger partial charge in [0.05, 0.1) is 25.3 Å². The van der Waals surface area contributed by atoms with E-state index in [0.717, 1.165) is 0 Å². The lowest BCUT2D eigenvalue weighted by atomic mass is 9.95. The van der Waals surface area contributed by atoms with Gasteiger partial charge in [-0.05, 0) is 0 Å². The lowest BCUT2D eigenvalue weighted by Crippen LogP contribution is -2.67. The van der Waals surface area contributed by atoms with E-state index >= 15 is 0 Å². The monoisotopic (exact) mass is 500 g/mol. The maximum atomic E-state index is 11.7. The summed E-state index contributed by atoms with van der Waals surface area (Å²) in [6.45, 7) is -1.58. The standard InChI is InChI=1S/C12H26N2O15P2/c13-5-8(18)7(17)3(1-15)25-11(5)27-10-4(2-16)26-12(6(14)9(10)19)28-31(23,24)29-30(20,21)22/h3-12,15-19H,1-2,13-14H2,(H,23,24)(H2,20,21,22)/t3-,4-,5-,6-,7-,8-,9-,10-,11+,12+/m1/s1. The van der Waals surface area contributed by atoms with Crippen molar-refractivity contribution in [2.45, 2.75) is 61.3 Å². The second-order valence-corrected chi connectivity index (χ2v) is 9.61. The first-order chi connectivity index (χ1) is 14.2. The second-order valence-electron chi connectivity index (χ2n) is 6.82. The molecular formula is C12H26N2O15P2. The molecule has 0 saturated carbocycles. The van der Waals surface area contributed by atoms with Crippen LogP contribution >= 0.6 is 15.6 Å². The molecule has 2 saturated heterocycles. The van der Waals surface area contributed by atoms with Gasteiger partial charge in [-0.1, -0.05) is 0 Å². The van der Waals surface area contributed by atoms with Crippen molar-refractivity contribution < 1.29 is 72.4 Å². The van der Waals surface area contributed by atoms with Crippen LogP contribution in [0.2, 0.25) is 0 Å². The highest BCUT2D eigenvalue weighted by molar-refractivity contribution is 7.60. The maximum Gasteiger partial charge on any atom is 0.483 e. The molecule has 0 aliphatic carbocycles. The van der Waals surface area contributed by atoms with Crippen LogP contribution in [0.25, 0.3) is 0 Å². The molecule has 17 nitrogen and oxygen atoms in total. The minimum absolute atomic E-state index is 0.710. The van der Waals surface area contributed by atoms with Gasteiger partial charge in [-0.3, -0.25) is 4.52 Å². The number of rotatable bonds is 8. The molecule has 19 heteroatoms. The minimum atomic E-state index is -5.44. The Morgan fingerprint density at radius 2 is 1.32 bits per heavy atom. The van der Waals surface area contributed by atoms with Gasteiger partial charge in [0.25, 0.3) is 0 Å². The van der Waals surface area contributed by atoms with E-state index in [0.29, 0.717) is 0 Å². The molecule has 0 spiro atoms. The van der Waals surface area contributed by atoms with Gasteiger partial charge in [0, 0.05) is 0 Å². The van der Waals surface area contributed by atoms with E-state index in [2.05, 4.69) is 8.83 Å². The normalized spacial score (nSPS) is 44.1. The average Bonchev–Trinajstić information content (AvgIpc) is 2.65. The van der Waals surface area contributed by atoms with Crippen molar-refractivity contribution in [1.29, 1.82) is 0 Å². The predicted molar refractivity (Wildman–Crippen MR) is 94.4 cm³/mol. The molecule has 2 aliphatic rings. The van der Waals surface area contributed by atoms with E-state index in [1.54, 1.807) is 0 Å². The summed E-state index contributed by atoms with van der Waals surface area (Å²) in [5.41, 5.74) is 11.4. The summed E-state index contributed by atoms with van der Waals surface area (Å²) in [6.07, 6.45) is -12.7. The second kappa shape index (κ2) is 10.4. The fraction of sp³-hybridized carbons (Fsp3) is 1.00. The number of hydrogen-bond acceptors (Lipinski definition) is 14. The van der Waals surface area contributed by atoms with Crippen LogP contribution in [0.15, 0.2) is 0 Å². The number of aliphatic hydroxyl groups is 5. The van der Waals surface area contributed by atoms with Crippen LogP contribution in [0.5, 0.6) is 0 Å². The SMILES string of the molecule is N[C@H]1[C@H](O[C@H]2[C@H](O)[C@@H](N)[C@H](OP(=O)(O)OP(=O)(O)O)O[C@@H]2CO)O[C@H](CO)[C@@H](O)[C@@H]1O. The molecule has 2 fully saturated rings. The van der Waals surface area contributed by atoms with Crippen LogP contribution in [0.3, 0.4) is 0 Å². The molecule has 1 unspecified atom stereocenters. The Balaban J connectivity index is 2.14. The summed E-state index contributed by atoms with van der Waals surface area (Å²) >= 11 is 0. The van der Waals surface area contributed by atoms with Gasteiger partial charge in [-0.2, -0.15) is 4.31 Å². The highest BCUT2D eigenvalue weighted by Crippen LogP contribution is 2.58. The Bertz CT molecular complexity index is 691. The molecule has 0 radical (unpaired) electrons. The van der Waals surface area contributed by atoms with Gasteiger partial charge in [0.15, 0.2) is 12.6 Å². The third kappa shape index (κ3) is 6.69. The van der Waals surface area contributed by atoms with Crippen molar-refractivity contribution in [2.75, 3.05) is 13.2 Å². The first-order valence-electron chi connectivity index (χ1n) is 8.72. The number of hydrogen-bond donors (Lipinski definition) is 10. The van der Waals surface area contributed by atoms with Crippen molar-refractivity contribution in [1.82, 2.24) is 0 Å². The van der Waals surface area contributed by atoms with E-state index in [-0.39, 0.29) is 0 Å². The van der Waals surface area contributed by atoms with Crippen molar-refractivity contribution in [3.8, 4) is 0 Å². The van der Waals surface area contributed by atoms with Crippen molar-refractivity contribution in [3.63, 3.8) is 0 Å². The largest absolute Gasteiger partial charge is 0.483 e. The Morgan fingerprint density at radius 3 is 1.84 bits per heavy atom. The van der Waals surface area contributed by atoms with Crippen molar-refractivity contribution in [3.05, 3.63) is 0 Å². The van der Waals surface area contributed by atoms with E-state index < -0.39 is 90.1 Å². The zero-order valence-corrected chi connectivity index (χ0v) is 17.5. The molecule has 0 aromatic heterocycles. The van der Waals surface area contributed by atoms with Gasteiger partial charge < -0.3 is 65.9 Å². The Morgan fingerprint density at radius 1 is 0.806 bits per heavy atom. The molecule has 2 heterocycles. The number of phosphoric ester groups is 1. The molecule has 2 aliphatic heterocycles. The third-order valence-corrected chi connectivity index (χ3v) is 6.72. The summed E-state index contributed by atoms with van der Waals surface area (Å²) < 4.78 is 46.4.